The molecule has 0 bridgehead atoms. The first kappa shape index (κ1) is 11.7. The Hall–Kier alpha value is -1.39. The molecule has 0 saturated heterocycles. The third-order valence-corrected chi connectivity index (χ3v) is 2.20. The van der Waals surface area contributed by atoms with Crippen LogP contribution in [0.1, 0.15) is 20.3 Å². The van der Waals surface area contributed by atoms with E-state index in [4.69, 9.17) is 0 Å². The first-order valence-corrected chi connectivity index (χ1v) is 4.71. The fourth-order valence-electron chi connectivity index (χ4n) is 0.955. The number of aromatic nitrogens is 1. The van der Waals surface area contributed by atoms with Gasteiger partial charge >= 0.3 is 6.11 Å². The summed E-state index contributed by atoms with van der Waals surface area (Å²) in [5, 5.41) is 0. The highest BCUT2D eigenvalue weighted by atomic mass is 19.3. The van der Waals surface area contributed by atoms with Gasteiger partial charge < -0.3 is 9.72 Å². The molecule has 84 valence electrons. The number of hydrogen-bond donors (Lipinski definition) is 1. The topological polar surface area (TPSA) is 42.1 Å². The van der Waals surface area contributed by atoms with E-state index in [1.54, 1.807) is 6.92 Å². The van der Waals surface area contributed by atoms with E-state index in [9.17, 15) is 13.6 Å². The Morgan fingerprint density at radius 1 is 1.53 bits per heavy atom. The van der Waals surface area contributed by atoms with Crippen LogP contribution in [0.4, 0.5) is 8.78 Å². The van der Waals surface area contributed by atoms with Gasteiger partial charge in [-0.05, 0) is 12.5 Å². The maximum absolute atomic E-state index is 13.3. The summed E-state index contributed by atoms with van der Waals surface area (Å²) in [6, 6.07) is 2.36. The molecule has 0 fully saturated rings. The molecule has 0 aliphatic rings. The van der Waals surface area contributed by atoms with Crippen LogP contribution < -0.4 is 10.3 Å². The van der Waals surface area contributed by atoms with Crippen molar-refractivity contribution in [3.63, 3.8) is 0 Å². The highest BCUT2D eigenvalue weighted by Gasteiger charge is 2.37. The predicted molar refractivity (Wildman–Crippen MR) is 52.1 cm³/mol. The van der Waals surface area contributed by atoms with Crippen molar-refractivity contribution in [2.75, 3.05) is 0 Å². The quantitative estimate of drug-likeness (QED) is 0.841. The maximum Gasteiger partial charge on any atom is 0.400 e. The maximum atomic E-state index is 13.3. The first-order valence-electron chi connectivity index (χ1n) is 4.71. The molecule has 15 heavy (non-hydrogen) atoms. The minimum absolute atomic E-state index is 0.0418. The number of H-pyrrole nitrogens is 1. The molecule has 0 amide bonds. The van der Waals surface area contributed by atoms with Crippen LogP contribution in [-0.4, -0.2) is 11.1 Å². The lowest BCUT2D eigenvalue weighted by Gasteiger charge is -2.22. The smallest absolute Gasteiger partial charge is 0.400 e. The van der Waals surface area contributed by atoms with Crippen LogP contribution in [-0.2, 0) is 0 Å². The number of alkyl halides is 2. The van der Waals surface area contributed by atoms with E-state index in [0.717, 1.165) is 12.3 Å². The van der Waals surface area contributed by atoms with Gasteiger partial charge in [0.2, 0.25) is 5.56 Å². The van der Waals surface area contributed by atoms with Crippen LogP contribution in [0.25, 0.3) is 0 Å². The molecule has 1 unspecified atom stereocenters. The zero-order chi connectivity index (χ0) is 11.5. The van der Waals surface area contributed by atoms with Gasteiger partial charge in [-0.1, -0.05) is 13.8 Å². The highest BCUT2D eigenvalue weighted by Crippen LogP contribution is 2.29. The van der Waals surface area contributed by atoms with Crippen LogP contribution in [0.3, 0.4) is 0 Å². The zero-order valence-corrected chi connectivity index (χ0v) is 8.59. The fourth-order valence-corrected chi connectivity index (χ4v) is 0.955. The second kappa shape index (κ2) is 4.42. The molecule has 0 aliphatic heterocycles. The van der Waals surface area contributed by atoms with E-state index >= 15 is 0 Å². The number of hydrogen-bond acceptors (Lipinski definition) is 2. The predicted octanol–water partition coefficient (Wildman–Crippen LogP) is 2.39. The monoisotopic (exact) mass is 217 g/mol. The number of ether oxygens (including phenoxy) is 1. The number of halogens is 2. The molecule has 0 aliphatic carbocycles. The summed E-state index contributed by atoms with van der Waals surface area (Å²) >= 11 is 0. The highest BCUT2D eigenvalue weighted by molar-refractivity contribution is 5.16. The van der Waals surface area contributed by atoms with Gasteiger partial charge in [-0.25, -0.2) is 0 Å². The Kier molecular flexibility index (Phi) is 3.44. The van der Waals surface area contributed by atoms with Gasteiger partial charge in [0.15, 0.2) is 0 Å². The van der Waals surface area contributed by atoms with E-state index in [1.165, 1.54) is 13.0 Å². The van der Waals surface area contributed by atoms with E-state index in [0.29, 0.717) is 6.42 Å². The van der Waals surface area contributed by atoms with Crippen LogP contribution in [0.15, 0.2) is 23.1 Å². The van der Waals surface area contributed by atoms with Crippen molar-refractivity contribution in [2.45, 2.75) is 26.4 Å². The molecular formula is C10H13F2NO2. The summed E-state index contributed by atoms with van der Waals surface area (Å²) in [6.07, 6.45) is -1.78. The number of aromatic amines is 1. The molecule has 0 aromatic carbocycles. The molecule has 5 heteroatoms. The van der Waals surface area contributed by atoms with Gasteiger partial charge in [0.05, 0.1) is 5.92 Å². The Labute approximate surface area is 86.1 Å². The Morgan fingerprint density at radius 3 is 2.67 bits per heavy atom. The van der Waals surface area contributed by atoms with Crippen LogP contribution in [0.2, 0.25) is 0 Å². The zero-order valence-electron chi connectivity index (χ0n) is 8.59. The first-order chi connectivity index (χ1) is 6.95. The molecule has 1 atom stereocenters. The van der Waals surface area contributed by atoms with E-state index < -0.39 is 12.0 Å². The molecule has 1 aromatic heterocycles. The summed E-state index contributed by atoms with van der Waals surface area (Å²) in [5.74, 6) is -0.913. The van der Waals surface area contributed by atoms with Crippen molar-refractivity contribution in [1.29, 1.82) is 0 Å². The molecule has 1 N–H and O–H groups in total. The molecule has 0 radical (unpaired) electrons. The summed E-state index contributed by atoms with van der Waals surface area (Å²) in [6.45, 7) is 3.07. The summed E-state index contributed by atoms with van der Waals surface area (Å²) in [4.78, 5) is 12.9. The van der Waals surface area contributed by atoms with E-state index in [2.05, 4.69) is 9.72 Å². The standard InChI is InChI=1S/C10H13F2NO2/c1-3-7(2)10(11,12)15-8-4-5-9(14)13-6-8/h4-7H,3H2,1-2H3,(H,13,14). The van der Waals surface area contributed by atoms with Crippen LogP contribution in [0.5, 0.6) is 5.75 Å². The van der Waals surface area contributed by atoms with Gasteiger partial charge in [-0.2, -0.15) is 8.78 Å². The fraction of sp³-hybridized carbons (Fsp3) is 0.500. The third kappa shape index (κ3) is 3.04. The molecule has 0 spiro atoms. The lowest BCUT2D eigenvalue weighted by Crippen LogP contribution is -2.32. The molecule has 3 nitrogen and oxygen atoms in total. The second-order valence-electron chi connectivity index (χ2n) is 3.36. The van der Waals surface area contributed by atoms with Gasteiger partial charge in [0.1, 0.15) is 5.75 Å². The summed E-state index contributed by atoms with van der Waals surface area (Å²) in [7, 11) is 0. The number of rotatable bonds is 4. The average Bonchev–Trinajstić information content (AvgIpc) is 2.20. The van der Waals surface area contributed by atoms with Crippen molar-refractivity contribution in [3.05, 3.63) is 28.7 Å². The Balaban J connectivity index is 2.76. The molecule has 1 aromatic rings. The normalized spacial score (nSPS) is 13.6. The van der Waals surface area contributed by atoms with Gasteiger partial charge in [0, 0.05) is 12.3 Å². The number of nitrogens with one attached hydrogen (secondary N) is 1. The van der Waals surface area contributed by atoms with Crippen LogP contribution >= 0.6 is 0 Å². The molecule has 1 heterocycles. The minimum Gasteiger partial charge on any atom is -0.431 e. The Bertz CT molecular complexity index is 355. The van der Waals surface area contributed by atoms with Gasteiger partial charge in [0.25, 0.3) is 0 Å². The average molecular weight is 217 g/mol. The van der Waals surface area contributed by atoms with E-state index in [1.807, 2.05) is 0 Å². The molecule has 1 rings (SSSR count). The van der Waals surface area contributed by atoms with Crippen molar-refractivity contribution < 1.29 is 13.5 Å². The van der Waals surface area contributed by atoms with E-state index in [-0.39, 0.29) is 11.3 Å². The third-order valence-electron chi connectivity index (χ3n) is 2.20. The second-order valence-corrected chi connectivity index (χ2v) is 3.36. The summed E-state index contributed by atoms with van der Waals surface area (Å²) < 4.78 is 31.1. The SMILES string of the molecule is CCC(C)C(F)(F)Oc1ccc(=O)[nH]c1. The minimum atomic E-state index is -3.22. The van der Waals surface area contributed by atoms with Crippen molar-refractivity contribution in [3.8, 4) is 5.75 Å². The largest absolute Gasteiger partial charge is 0.431 e. The van der Waals surface area contributed by atoms with Crippen molar-refractivity contribution >= 4 is 0 Å². The van der Waals surface area contributed by atoms with Crippen molar-refractivity contribution in [1.82, 2.24) is 4.98 Å². The van der Waals surface area contributed by atoms with Gasteiger partial charge in [-0.15, -0.1) is 0 Å². The lowest BCUT2D eigenvalue weighted by atomic mass is 10.1. The number of pyridine rings is 1. The Morgan fingerprint density at radius 2 is 2.20 bits per heavy atom. The van der Waals surface area contributed by atoms with Gasteiger partial charge in [-0.3, -0.25) is 4.79 Å². The summed E-state index contributed by atoms with van der Waals surface area (Å²) in [5.41, 5.74) is -0.353. The molecular weight excluding hydrogens is 204 g/mol. The molecule has 0 saturated carbocycles. The lowest BCUT2D eigenvalue weighted by molar-refractivity contribution is -0.212. The van der Waals surface area contributed by atoms with Crippen molar-refractivity contribution in [2.24, 2.45) is 5.92 Å². The van der Waals surface area contributed by atoms with Crippen LogP contribution in [0, 0.1) is 5.92 Å².